The molecular formula is C24H22ClN3O3. The first-order chi connectivity index (χ1) is 14.9. The minimum Gasteiger partial charge on any atom is -0.324 e. The van der Waals surface area contributed by atoms with Crippen LogP contribution in [0.5, 0.6) is 0 Å². The summed E-state index contributed by atoms with van der Waals surface area (Å²) in [5.74, 6) is -2.00. The number of amides is 3. The second-order valence-corrected chi connectivity index (χ2v) is 9.48. The van der Waals surface area contributed by atoms with E-state index in [1.54, 1.807) is 18.2 Å². The van der Waals surface area contributed by atoms with Crippen LogP contribution in [0.1, 0.15) is 29.5 Å². The number of halogens is 1. The van der Waals surface area contributed by atoms with E-state index < -0.39 is 17.4 Å². The number of carbonyl (C=O) groups excluding carboxylic acids is 3. The number of rotatable bonds is 1. The van der Waals surface area contributed by atoms with Crippen LogP contribution in [-0.4, -0.2) is 35.2 Å². The van der Waals surface area contributed by atoms with Crippen molar-refractivity contribution in [1.82, 2.24) is 4.90 Å². The van der Waals surface area contributed by atoms with E-state index in [1.165, 1.54) is 4.90 Å². The van der Waals surface area contributed by atoms with Crippen molar-refractivity contribution in [3.63, 3.8) is 0 Å². The van der Waals surface area contributed by atoms with Crippen molar-refractivity contribution < 1.29 is 14.4 Å². The van der Waals surface area contributed by atoms with Crippen molar-refractivity contribution in [2.45, 2.75) is 38.3 Å². The monoisotopic (exact) mass is 435 g/mol. The normalized spacial score (nSPS) is 31.4. The smallest absolute Gasteiger partial charge is 0.250 e. The molecule has 6 rings (SSSR count). The zero-order chi connectivity index (χ0) is 21.7. The van der Waals surface area contributed by atoms with Gasteiger partial charge in [-0.3, -0.25) is 19.3 Å². The molecule has 2 aromatic rings. The Kier molecular flexibility index (Phi) is 3.79. The Labute approximate surface area is 185 Å². The first-order valence-corrected chi connectivity index (χ1v) is 11.1. The Morgan fingerprint density at radius 1 is 1.10 bits per heavy atom. The molecule has 1 N–H and O–H groups in total. The van der Waals surface area contributed by atoms with E-state index in [0.717, 1.165) is 29.7 Å². The van der Waals surface area contributed by atoms with E-state index in [1.807, 2.05) is 32.0 Å². The average Bonchev–Trinajstić information content (AvgIpc) is 3.43. The van der Waals surface area contributed by atoms with Crippen LogP contribution in [0.25, 0.3) is 0 Å². The molecule has 0 bridgehead atoms. The molecule has 0 aliphatic carbocycles. The number of nitrogens with zero attached hydrogens (tertiary/aromatic N) is 2. The van der Waals surface area contributed by atoms with Crippen LogP contribution >= 0.6 is 11.6 Å². The lowest BCUT2D eigenvalue weighted by molar-refractivity contribution is -0.135. The second kappa shape index (κ2) is 6.17. The number of hydrogen-bond donors (Lipinski definition) is 1. The second-order valence-electron chi connectivity index (χ2n) is 9.07. The fourth-order valence-corrected chi connectivity index (χ4v) is 6.56. The highest BCUT2D eigenvalue weighted by Crippen LogP contribution is 2.60. The first-order valence-electron chi connectivity index (χ1n) is 10.7. The Morgan fingerprint density at radius 3 is 2.71 bits per heavy atom. The van der Waals surface area contributed by atoms with Crippen LogP contribution in [0, 0.1) is 25.7 Å². The molecule has 0 aromatic heterocycles. The molecule has 3 fully saturated rings. The number of carbonyl (C=O) groups is 3. The van der Waals surface area contributed by atoms with Crippen LogP contribution < -0.4 is 10.2 Å². The first kappa shape index (κ1) is 19.0. The number of aryl methyl sites for hydroxylation is 1. The highest BCUT2D eigenvalue weighted by atomic mass is 35.5. The van der Waals surface area contributed by atoms with Crippen LogP contribution in [0.3, 0.4) is 0 Å². The van der Waals surface area contributed by atoms with Crippen LogP contribution in [0.4, 0.5) is 11.4 Å². The fourth-order valence-electron chi connectivity index (χ4n) is 6.39. The van der Waals surface area contributed by atoms with Crippen molar-refractivity contribution >= 4 is 40.7 Å². The van der Waals surface area contributed by atoms with Crippen molar-refractivity contribution in [3.8, 4) is 0 Å². The van der Waals surface area contributed by atoms with Gasteiger partial charge < -0.3 is 5.32 Å². The molecule has 7 heteroatoms. The number of nitrogens with one attached hydrogen (secondary N) is 1. The fraction of sp³-hybridized carbons (Fsp3) is 0.375. The van der Waals surface area contributed by atoms with Gasteiger partial charge in [-0.25, -0.2) is 4.90 Å². The lowest BCUT2D eigenvalue weighted by atomic mass is 9.75. The third-order valence-corrected chi connectivity index (χ3v) is 8.04. The number of imide groups is 1. The maximum absolute atomic E-state index is 13.9. The summed E-state index contributed by atoms with van der Waals surface area (Å²) in [5, 5.41) is 3.52. The van der Waals surface area contributed by atoms with Gasteiger partial charge in [-0.15, -0.1) is 0 Å². The van der Waals surface area contributed by atoms with E-state index in [0.29, 0.717) is 22.8 Å². The van der Waals surface area contributed by atoms with Gasteiger partial charge in [0.1, 0.15) is 5.54 Å². The summed E-state index contributed by atoms with van der Waals surface area (Å²) in [6.07, 6.45) is 1.71. The Morgan fingerprint density at radius 2 is 1.90 bits per heavy atom. The zero-order valence-electron chi connectivity index (χ0n) is 17.3. The standard InChI is InChI=1S/C24H22ClN3O3/c1-12-8-9-16-14(11-12)24(23(31)26-16)20-19(18-7-4-10-27(18)24)21(29)28(22(20)30)17-6-3-5-15(25)13(17)2/h3,5-6,8-9,11,18-20H,4,7,10H2,1-2H3,(H,26,31)/t18-,19-,20+,24+/m1/s1. The molecule has 4 aliphatic rings. The van der Waals surface area contributed by atoms with E-state index in [2.05, 4.69) is 10.2 Å². The third-order valence-electron chi connectivity index (χ3n) is 7.63. The maximum Gasteiger partial charge on any atom is 0.250 e. The maximum atomic E-state index is 13.9. The minimum atomic E-state index is -1.14. The van der Waals surface area contributed by atoms with E-state index in [9.17, 15) is 14.4 Å². The molecule has 4 atom stereocenters. The molecule has 0 unspecified atom stereocenters. The molecule has 4 heterocycles. The van der Waals surface area contributed by atoms with E-state index in [4.69, 9.17) is 11.6 Å². The van der Waals surface area contributed by atoms with Crippen LogP contribution in [-0.2, 0) is 19.9 Å². The summed E-state index contributed by atoms with van der Waals surface area (Å²) < 4.78 is 0. The van der Waals surface area contributed by atoms with Crippen LogP contribution in [0.2, 0.25) is 5.02 Å². The molecule has 3 amide bonds. The van der Waals surface area contributed by atoms with Gasteiger partial charge in [0.15, 0.2) is 0 Å². The van der Waals surface area contributed by atoms with Gasteiger partial charge in [0, 0.05) is 22.3 Å². The molecular weight excluding hydrogens is 414 g/mol. The van der Waals surface area contributed by atoms with Crippen molar-refractivity contribution in [2.75, 3.05) is 16.8 Å². The Bertz CT molecular complexity index is 1190. The number of hydrogen-bond acceptors (Lipinski definition) is 4. The lowest BCUT2D eigenvalue weighted by Gasteiger charge is -2.37. The summed E-state index contributed by atoms with van der Waals surface area (Å²) in [7, 11) is 0. The summed E-state index contributed by atoms with van der Waals surface area (Å²) >= 11 is 6.30. The Hall–Kier alpha value is -2.70. The molecule has 31 heavy (non-hydrogen) atoms. The molecule has 6 nitrogen and oxygen atoms in total. The molecule has 0 saturated carbocycles. The quantitative estimate of drug-likeness (QED) is 0.697. The van der Waals surface area contributed by atoms with Gasteiger partial charge in [0.05, 0.1) is 17.5 Å². The summed E-state index contributed by atoms with van der Waals surface area (Å²) in [5.41, 5.74) is 2.64. The number of anilines is 2. The third kappa shape index (κ3) is 2.14. The molecule has 4 aliphatic heterocycles. The predicted molar refractivity (Wildman–Crippen MR) is 117 cm³/mol. The molecule has 158 valence electrons. The molecule has 1 spiro atoms. The van der Waals surface area contributed by atoms with Gasteiger partial charge >= 0.3 is 0 Å². The zero-order valence-corrected chi connectivity index (χ0v) is 18.1. The molecule has 0 radical (unpaired) electrons. The van der Waals surface area contributed by atoms with Gasteiger partial charge in [0.2, 0.25) is 17.7 Å². The largest absolute Gasteiger partial charge is 0.324 e. The topological polar surface area (TPSA) is 69.7 Å². The van der Waals surface area contributed by atoms with Crippen molar-refractivity contribution in [2.24, 2.45) is 11.8 Å². The molecule has 2 aromatic carbocycles. The van der Waals surface area contributed by atoms with Gasteiger partial charge in [-0.05, 0) is 57.0 Å². The average molecular weight is 436 g/mol. The predicted octanol–water partition coefficient (Wildman–Crippen LogP) is 3.39. The van der Waals surface area contributed by atoms with Gasteiger partial charge in [-0.2, -0.15) is 0 Å². The highest BCUT2D eigenvalue weighted by molar-refractivity contribution is 6.32. The van der Waals surface area contributed by atoms with Gasteiger partial charge in [0.25, 0.3) is 0 Å². The Balaban J connectivity index is 1.58. The van der Waals surface area contributed by atoms with Crippen molar-refractivity contribution in [3.05, 3.63) is 58.1 Å². The van der Waals surface area contributed by atoms with Gasteiger partial charge in [-0.1, -0.05) is 35.4 Å². The molecule has 3 saturated heterocycles. The summed E-state index contributed by atoms with van der Waals surface area (Å²) in [6.45, 7) is 4.49. The lowest BCUT2D eigenvalue weighted by Crippen LogP contribution is -2.54. The minimum absolute atomic E-state index is 0.122. The highest BCUT2D eigenvalue weighted by Gasteiger charge is 2.74. The number of benzene rings is 2. The van der Waals surface area contributed by atoms with E-state index in [-0.39, 0.29) is 23.8 Å². The van der Waals surface area contributed by atoms with Crippen LogP contribution in [0.15, 0.2) is 36.4 Å². The van der Waals surface area contributed by atoms with E-state index >= 15 is 0 Å². The SMILES string of the molecule is Cc1ccc2c(c1)[C@@]1(C(=O)N2)[C@@H]2C(=O)N(c3cccc(Cl)c3C)C(=O)[C@@H]2[C@H]2CCCN21. The number of fused-ring (bicyclic) bond motifs is 7. The van der Waals surface area contributed by atoms with Crippen molar-refractivity contribution in [1.29, 1.82) is 0 Å². The summed E-state index contributed by atoms with van der Waals surface area (Å²) in [6, 6.07) is 11.0. The summed E-state index contributed by atoms with van der Waals surface area (Å²) in [4.78, 5) is 44.7.